The Morgan fingerprint density at radius 2 is 2.05 bits per heavy atom. The lowest BCUT2D eigenvalue weighted by Gasteiger charge is -2.30. The summed E-state index contributed by atoms with van der Waals surface area (Å²) in [6, 6.07) is 4.53. The standard InChI is InChI=1S/C13H19ClN2O3S/c1-19-13-3-2-11(8-12(13)14)20(17,18)16-6-4-10(9-15)5-7-16/h2-3,8,10H,4-7,9,15H2,1H3. The highest BCUT2D eigenvalue weighted by Crippen LogP contribution is 2.29. The van der Waals surface area contributed by atoms with Crippen molar-refractivity contribution in [2.75, 3.05) is 26.7 Å². The number of nitrogens with two attached hydrogens (primary N) is 1. The maximum atomic E-state index is 12.5. The number of rotatable bonds is 4. The molecule has 0 aliphatic carbocycles. The van der Waals surface area contributed by atoms with E-state index in [0.29, 0.717) is 36.3 Å². The van der Waals surface area contributed by atoms with Crippen molar-refractivity contribution in [3.8, 4) is 5.75 Å². The smallest absolute Gasteiger partial charge is 0.243 e. The van der Waals surface area contributed by atoms with E-state index < -0.39 is 10.0 Å². The number of halogens is 1. The fourth-order valence-corrected chi connectivity index (χ4v) is 4.16. The summed E-state index contributed by atoms with van der Waals surface area (Å²) in [6.07, 6.45) is 1.61. The fourth-order valence-electron chi connectivity index (χ4n) is 2.34. The zero-order valence-electron chi connectivity index (χ0n) is 11.4. The van der Waals surface area contributed by atoms with Crippen LogP contribution >= 0.6 is 11.6 Å². The van der Waals surface area contributed by atoms with Crippen LogP contribution in [-0.4, -0.2) is 39.5 Å². The minimum absolute atomic E-state index is 0.203. The number of hydrogen-bond acceptors (Lipinski definition) is 4. The highest BCUT2D eigenvalue weighted by atomic mass is 35.5. The molecule has 20 heavy (non-hydrogen) atoms. The zero-order valence-corrected chi connectivity index (χ0v) is 13.0. The number of ether oxygens (including phenoxy) is 1. The van der Waals surface area contributed by atoms with Crippen LogP contribution < -0.4 is 10.5 Å². The Morgan fingerprint density at radius 1 is 1.40 bits per heavy atom. The van der Waals surface area contributed by atoms with Gasteiger partial charge in [0.05, 0.1) is 17.0 Å². The van der Waals surface area contributed by atoms with Crippen molar-refractivity contribution in [2.45, 2.75) is 17.7 Å². The predicted molar refractivity (Wildman–Crippen MR) is 78.5 cm³/mol. The van der Waals surface area contributed by atoms with Crippen molar-refractivity contribution in [3.63, 3.8) is 0 Å². The molecule has 0 bridgehead atoms. The van der Waals surface area contributed by atoms with Gasteiger partial charge in [0, 0.05) is 13.1 Å². The van der Waals surface area contributed by atoms with Crippen LogP contribution in [0.4, 0.5) is 0 Å². The second-order valence-electron chi connectivity index (χ2n) is 4.88. The Bertz CT molecular complexity index is 569. The van der Waals surface area contributed by atoms with E-state index in [4.69, 9.17) is 22.1 Å². The molecule has 1 saturated heterocycles. The van der Waals surface area contributed by atoms with E-state index in [1.54, 1.807) is 6.07 Å². The Hall–Kier alpha value is -0.820. The van der Waals surface area contributed by atoms with E-state index in [0.717, 1.165) is 12.8 Å². The first-order chi connectivity index (χ1) is 9.48. The molecule has 0 aromatic heterocycles. The molecule has 2 rings (SSSR count). The molecule has 0 spiro atoms. The Morgan fingerprint density at radius 3 is 2.55 bits per heavy atom. The lowest BCUT2D eigenvalue weighted by Crippen LogP contribution is -2.40. The number of piperidine rings is 1. The molecule has 1 fully saturated rings. The summed E-state index contributed by atoms with van der Waals surface area (Å²) in [7, 11) is -2.00. The van der Waals surface area contributed by atoms with Gasteiger partial charge in [0.2, 0.25) is 10.0 Å². The predicted octanol–water partition coefficient (Wildman–Crippen LogP) is 1.71. The molecule has 1 aromatic carbocycles. The van der Waals surface area contributed by atoms with Crippen LogP contribution in [0.1, 0.15) is 12.8 Å². The Labute approximate surface area is 124 Å². The second kappa shape index (κ2) is 6.30. The number of methoxy groups -OCH3 is 1. The first-order valence-electron chi connectivity index (χ1n) is 6.52. The van der Waals surface area contributed by atoms with Gasteiger partial charge in [-0.2, -0.15) is 4.31 Å². The van der Waals surface area contributed by atoms with Gasteiger partial charge in [-0.05, 0) is 43.5 Å². The van der Waals surface area contributed by atoms with Crippen LogP contribution in [0, 0.1) is 5.92 Å². The third-order valence-electron chi connectivity index (χ3n) is 3.67. The van der Waals surface area contributed by atoms with Crippen LogP contribution in [0.2, 0.25) is 5.02 Å². The molecule has 2 N–H and O–H groups in total. The van der Waals surface area contributed by atoms with Gasteiger partial charge >= 0.3 is 0 Å². The molecule has 1 aliphatic heterocycles. The highest BCUT2D eigenvalue weighted by Gasteiger charge is 2.29. The summed E-state index contributed by atoms with van der Waals surface area (Å²) in [4.78, 5) is 0.203. The van der Waals surface area contributed by atoms with Crippen LogP contribution in [0.3, 0.4) is 0 Å². The fraction of sp³-hybridized carbons (Fsp3) is 0.538. The third-order valence-corrected chi connectivity index (χ3v) is 5.86. The number of nitrogens with zero attached hydrogens (tertiary/aromatic N) is 1. The first-order valence-corrected chi connectivity index (χ1v) is 8.34. The van der Waals surface area contributed by atoms with Crippen LogP contribution in [-0.2, 0) is 10.0 Å². The number of hydrogen-bond donors (Lipinski definition) is 1. The quantitative estimate of drug-likeness (QED) is 0.917. The summed E-state index contributed by atoms with van der Waals surface area (Å²) >= 11 is 6.00. The molecule has 0 amide bonds. The second-order valence-corrected chi connectivity index (χ2v) is 7.22. The summed E-state index contributed by atoms with van der Waals surface area (Å²) < 4.78 is 31.6. The summed E-state index contributed by atoms with van der Waals surface area (Å²) in [5.74, 6) is 0.883. The summed E-state index contributed by atoms with van der Waals surface area (Å²) in [5.41, 5.74) is 5.62. The van der Waals surface area contributed by atoms with Crippen LogP contribution in [0.5, 0.6) is 5.75 Å². The summed E-state index contributed by atoms with van der Waals surface area (Å²) in [5, 5.41) is 0.297. The van der Waals surface area contributed by atoms with Gasteiger partial charge in [-0.3, -0.25) is 0 Å². The molecular weight excluding hydrogens is 300 g/mol. The number of benzene rings is 1. The van der Waals surface area contributed by atoms with Gasteiger partial charge in [-0.1, -0.05) is 11.6 Å². The SMILES string of the molecule is COc1ccc(S(=O)(=O)N2CCC(CN)CC2)cc1Cl. The molecule has 0 radical (unpaired) electrons. The third kappa shape index (κ3) is 3.09. The molecule has 0 atom stereocenters. The molecule has 1 aromatic rings. The van der Waals surface area contributed by atoms with E-state index in [1.807, 2.05) is 0 Å². The molecule has 1 heterocycles. The zero-order chi connectivity index (χ0) is 14.8. The van der Waals surface area contributed by atoms with Crippen molar-refractivity contribution in [1.82, 2.24) is 4.31 Å². The van der Waals surface area contributed by atoms with Gasteiger partial charge in [0.15, 0.2) is 0 Å². The first kappa shape index (κ1) is 15.6. The van der Waals surface area contributed by atoms with Crippen molar-refractivity contribution in [1.29, 1.82) is 0 Å². The van der Waals surface area contributed by atoms with Gasteiger partial charge in [0.1, 0.15) is 5.75 Å². The highest BCUT2D eigenvalue weighted by molar-refractivity contribution is 7.89. The molecule has 5 nitrogen and oxygen atoms in total. The molecule has 0 unspecified atom stereocenters. The Kier molecular flexibility index (Phi) is 4.90. The molecule has 7 heteroatoms. The van der Waals surface area contributed by atoms with Crippen LogP contribution in [0.15, 0.2) is 23.1 Å². The Balaban J connectivity index is 2.20. The molecular formula is C13H19ClN2O3S. The van der Waals surface area contributed by atoms with E-state index in [2.05, 4.69) is 0 Å². The van der Waals surface area contributed by atoms with Crippen LogP contribution in [0.25, 0.3) is 0 Å². The number of sulfonamides is 1. The minimum Gasteiger partial charge on any atom is -0.495 e. The average molecular weight is 319 g/mol. The van der Waals surface area contributed by atoms with Gasteiger partial charge in [-0.25, -0.2) is 8.42 Å². The average Bonchev–Trinajstić information content (AvgIpc) is 2.47. The van der Waals surface area contributed by atoms with Crippen molar-refractivity contribution in [2.24, 2.45) is 11.7 Å². The van der Waals surface area contributed by atoms with Gasteiger partial charge in [-0.15, -0.1) is 0 Å². The van der Waals surface area contributed by atoms with Crippen molar-refractivity contribution >= 4 is 21.6 Å². The topological polar surface area (TPSA) is 72.6 Å². The maximum absolute atomic E-state index is 12.5. The minimum atomic E-state index is -3.49. The maximum Gasteiger partial charge on any atom is 0.243 e. The van der Waals surface area contributed by atoms with E-state index in [-0.39, 0.29) is 4.90 Å². The van der Waals surface area contributed by atoms with Gasteiger partial charge < -0.3 is 10.5 Å². The van der Waals surface area contributed by atoms with Crippen molar-refractivity contribution in [3.05, 3.63) is 23.2 Å². The molecule has 0 saturated carbocycles. The van der Waals surface area contributed by atoms with E-state index in [9.17, 15) is 8.42 Å². The lowest BCUT2D eigenvalue weighted by molar-refractivity contribution is 0.278. The van der Waals surface area contributed by atoms with E-state index in [1.165, 1.54) is 23.5 Å². The molecule has 112 valence electrons. The summed E-state index contributed by atoms with van der Waals surface area (Å²) in [6.45, 7) is 1.63. The normalized spacial score (nSPS) is 18.1. The molecule has 1 aliphatic rings. The largest absolute Gasteiger partial charge is 0.495 e. The van der Waals surface area contributed by atoms with Crippen molar-refractivity contribution < 1.29 is 13.2 Å². The lowest BCUT2D eigenvalue weighted by atomic mass is 9.99. The monoisotopic (exact) mass is 318 g/mol. The van der Waals surface area contributed by atoms with Gasteiger partial charge in [0.25, 0.3) is 0 Å². The van der Waals surface area contributed by atoms with E-state index >= 15 is 0 Å².